The Morgan fingerprint density at radius 3 is 2.77 bits per heavy atom. The fourth-order valence-corrected chi connectivity index (χ4v) is 3.83. The Kier molecular flexibility index (Phi) is 4.80. The van der Waals surface area contributed by atoms with Crippen LogP contribution in [-0.4, -0.2) is 40.5 Å². The van der Waals surface area contributed by atoms with Gasteiger partial charge in [-0.25, -0.2) is 9.97 Å². The minimum atomic E-state index is 0.398. The third-order valence-electron chi connectivity index (χ3n) is 5.08. The maximum atomic E-state index is 4.88. The van der Waals surface area contributed by atoms with Gasteiger partial charge in [0, 0.05) is 37.9 Å². The summed E-state index contributed by atoms with van der Waals surface area (Å²) in [5.74, 6) is 1.88. The molecule has 134 valence electrons. The molecular weight excluding hydrogens is 322 g/mol. The molecule has 1 atom stereocenters. The molecule has 1 saturated heterocycles. The molecule has 0 saturated carbocycles. The van der Waals surface area contributed by atoms with Crippen LogP contribution in [0.1, 0.15) is 36.7 Å². The third kappa shape index (κ3) is 3.40. The van der Waals surface area contributed by atoms with E-state index in [1.807, 2.05) is 44.7 Å². The highest BCUT2D eigenvalue weighted by molar-refractivity contribution is 5.89. The number of hydrogen-bond donors (Lipinski definition) is 0. The van der Waals surface area contributed by atoms with Crippen LogP contribution in [0.3, 0.4) is 0 Å². The average molecular weight is 347 g/mol. The van der Waals surface area contributed by atoms with E-state index in [4.69, 9.17) is 9.97 Å². The summed E-state index contributed by atoms with van der Waals surface area (Å²) in [6.07, 6.45) is 7.49. The van der Waals surface area contributed by atoms with Gasteiger partial charge in [-0.1, -0.05) is 24.6 Å². The van der Waals surface area contributed by atoms with Crippen LogP contribution in [-0.2, 0) is 6.54 Å². The molecule has 0 N–H and O–H groups in total. The molecule has 0 amide bonds. The van der Waals surface area contributed by atoms with E-state index in [0.717, 1.165) is 35.6 Å². The zero-order valence-electron chi connectivity index (χ0n) is 15.5. The second kappa shape index (κ2) is 7.38. The quantitative estimate of drug-likeness (QED) is 0.718. The molecule has 0 spiro atoms. The number of nitrogens with zero attached hydrogens (tertiary/aromatic N) is 5. The highest BCUT2D eigenvalue weighted by Crippen LogP contribution is 2.32. The van der Waals surface area contributed by atoms with Crippen LogP contribution in [0.2, 0.25) is 0 Å². The third-order valence-corrected chi connectivity index (χ3v) is 5.08. The molecule has 4 rings (SSSR count). The van der Waals surface area contributed by atoms with E-state index in [0.29, 0.717) is 6.04 Å². The lowest BCUT2D eigenvalue weighted by Crippen LogP contribution is -2.33. The largest absolute Gasteiger partial charge is 0.362 e. The van der Waals surface area contributed by atoms with E-state index in [1.54, 1.807) is 0 Å². The van der Waals surface area contributed by atoms with Gasteiger partial charge in [0.05, 0.1) is 12.1 Å². The van der Waals surface area contributed by atoms with E-state index in [1.165, 1.54) is 24.8 Å². The predicted octanol–water partition coefficient (Wildman–Crippen LogP) is 3.82. The Labute approximate surface area is 154 Å². The topological polar surface area (TPSA) is 45.2 Å². The van der Waals surface area contributed by atoms with E-state index in [2.05, 4.69) is 33.0 Å². The summed E-state index contributed by atoms with van der Waals surface area (Å²) in [7, 11) is 4.08. The fraction of sp³-hybridized carbons (Fsp3) is 0.381. The molecule has 1 aliphatic rings. The van der Waals surface area contributed by atoms with Crippen molar-refractivity contribution in [3.63, 3.8) is 0 Å². The van der Waals surface area contributed by atoms with Crippen LogP contribution in [0.15, 0.2) is 48.8 Å². The number of rotatable bonds is 4. The van der Waals surface area contributed by atoms with E-state index in [-0.39, 0.29) is 0 Å². The smallest absolute Gasteiger partial charge is 0.145 e. The van der Waals surface area contributed by atoms with Crippen LogP contribution >= 0.6 is 0 Å². The van der Waals surface area contributed by atoms with E-state index >= 15 is 0 Å². The number of pyridine rings is 1. The van der Waals surface area contributed by atoms with Crippen LogP contribution in [0.5, 0.6) is 0 Å². The Morgan fingerprint density at radius 1 is 1.08 bits per heavy atom. The minimum absolute atomic E-state index is 0.398. The van der Waals surface area contributed by atoms with E-state index < -0.39 is 0 Å². The van der Waals surface area contributed by atoms with Gasteiger partial charge in [-0.2, -0.15) is 0 Å². The molecule has 2 aromatic heterocycles. The lowest BCUT2D eigenvalue weighted by molar-refractivity contribution is 0.137. The summed E-state index contributed by atoms with van der Waals surface area (Å²) in [5, 5.41) is 1.10. The summed E-state index contributed by atoms with van der Waals surface area (Å²) in [5.41, 5.74) is 2.30. The molecule has 1 fully saturated rings. The van der Waals surface area contributed by atoms with Crippen molar-refractivity contribution in [3.05, 3.63) is 60.2 Å². The van der Waals surface area contributed by atoms with Gasteiger partial charge in [0.25, 0.3) is 0 Å². The first kappa shape index (κ1) is 16.9. The Balaban J connectivity index is 1.67. The van der Waals surface area contributed by atoms with Crippen molar-refractivity contribution in [2.75, 3.05) is 25.5 Å². The van der Waals surface area contributed by atoms with Crippen molar-refractivity contribution in [3.8, 4) is 0 Å². The summed E-state index contributed by atoms with van der Waals surface area (Å²) in [6, 6.07) is 12.9. The van der Waals surface area contributed by atoms with Crippen molar-refractivity contribution in [1.29, 1.82) is 0 Å². The number of para-hydroxylation sites is 1. The SMILES string of the molecule is CN(C)c1nc(CN2CCCCC2c2cccnc2)nc2ccccc12. The standard InChI is InChI=1S/C21H25N5/c1-25(2)21-17-9-3-4-10-18(17)23-20(24-21)15-26-13-6-5-11-19(26)16-8-7-12-22-14-16/h3-4,7-10,12,14,19H,5-6,11,13,15H2,1-2H3. The molecule has 26 heavy (non-hydrogen) atoms. The molecule has 1 unspecified atom stereocenters. The van der Waals surface area contributed by atoms with Gasteiger partial charge in [-0.3, -0.25) is 9.88 Å². The van der Waals surface area contributed by atoms with Crippen molar-refractivity contribution >= 4 is 16.7 Å². The van der Waals surface area contributed by atoms with Crippen molar-refractivity contribution in [1.82, 2.24) is 19.9 Å². The number of benzene rings is 1. The van der Waals surface area contributed by atoms with Gasteiger partial charge in [-0.15, -0.1) is 0 Å². The van der Waals surface area contributed by atoms with Gasteiger partial charge in [-0.05, 0) is 43.1 Å². The van der Waals surface area contributed by atoms with Crippen LogP contribution in [0.25, 0.3) is 10.9 Å². The lowest BCUT2D eigenvalue weighted by atomic mass is 9.96. The van der Waals surface area contributed by atoms with Crippen molar-refractivity contribution < 1.29 is 0 Å². The Hall–Kier alpha value is -2.53. The second-order valence-corrected chi connectivity index (χ2v) is 7.14. The van der Waals surface area contributed by atoms with Crippen LogP contribution < -0.4 is 4.90 Å². The van der Waals surface area contributed by atoms with E-state index in [9.17, 15) is 0 Å². The number of anilines is 1. The summed E-state index contributed by atoms with van der Waals surface area (Å²) in [6.45, 7) is 1.85. The highest BCUT2D eigenvalue weighted by atomic mass is 15.2. The van der Waals surface area contributed by atoms with Crippen molar-refractivity contribution in [2.24, 2.45) is 0 Å². The fourth-order valence-electron chi connectivity index (χ4n) is 3.83. The molecular formula is C21H25N5. The molecule has 0 radical (unpaired) electrons. The number of aromatic nitrogens is 3. The lowest BCUT2D eigenvalue weighted by Gasteiger charge is -2.35. The van der Waals surface area contributed by atoms with Crippen LogP contribution in [0, 0.1) is 0 Å². The molecule has 5 heteroatoms. The average Bonchev–Trinajstić information content (AvgIpc) is 2.68. The number of likely N-dealkylation sites (tertiary alicyclic amines) is 1. The molecule has 1 aromatic carbocycles. The Bertz CT molecular complexity index is 878. The summed E-state index contributed by atoms with van der Waals surface area (Å²) in [4.78, 5) is 18.6. The van der Waals surface area contributed by atoms with Gasteiger partial charge in [0.15, 0.2) is 0 Å². The Morgan fingerprint density at radius 2 is 1.96 bits per heavy atom. The summed E-state index contributed by atoms with van der Waals surface area (Å²) >= 11 is 0. The monoisotopic (exact) mass is 347 g/mol. The van der Waals surface area contributed by atoms with Crippen LogP contribution in [0.4, 0.5) is 5.82 Å². The van der Waals surface area contributed by atoms with Gasteiger partial charge in [0.2, 0.25) is 0 Å². The minimum Gasteiger partial charge on any atom is -0.362 e. The molecule has 1 aliphatic heterocycles. The molecule has 0 aliphatic carbocycles. The number of piperidine rings is 1. The van der Waals surface area contributed by atoms with Crippen molar-refractivity contribution in [2.45, 2.75) is 31.8 Å². The molecule has 5 nitrogen and oxygen atoms in total. The first-order valence-corrected chi connectivity index (χ1v) is 9.29. The number of fused-ring (bicyclic) bond motifs is 1. The first-order chi connectivity index (χ1) is 12.7. The zero-order valence-corrected chi connectivity index (χ0v) is 15.5. The molecule has 0 bridgehead atoms. The highest BCUT2D eigenvalue weighted by Gasteiger charge is 2.25. The van der Waals surface area contributed by atoms with Gasteiger partial charge in [0.1, 0.15) is 11.6 Å². The van der Waals surface area contributed by atoms with Gasteiger partial charge >= 0.3 is 0 Å². The number of hydrogen-bond acceptors (Lipinski definition) is 5. The second-order valence-electron chi connectivity index (χ2n) is 7.14. The first-order valence-electron chi connectivity index (χ1n) is 9.29. The molecule has 3 aromatic rings. The summed E-state index contributed by atoms with van der Waals surface area (Å²) < 4.78 is 0. The normalized spacial score (nSPS) is 18.2. The molecule has 3 heterocycles. The van der Waals surface area contributed by atoms with Gasteiger partial charge < -0.3 is 4.90 Å². The predicted molar refractivity (Wildman–Crippen MR) is 105 cm³/mol. The zero-order chi connectivity index (χ0) is 17.9. The maximum absolute atomic E-state index is 4.88. The maximum Gasteiger partial charge on any atom is 0.145 e.